The van der Waals surface area contributed by atoms with Crippen LogP contribution in [0.2, 0.25) is 0 Å². The number of rotatable bonds is 0. The smallest absolute Gasteiger partial charge is 0.00770 e. The van der Waals surface area contributed by atoms with Gasteiger partial charge < -0.3 is 0 Å². The van der Waals surface area contributed by atoms with Crippen LogP contribution in [-0.4, -0.2) is 0 Å². The van der Waals surface area contributed by atoms with Crippen LogP contribution < -0.4 is 0 Å². The predicted molar refractivity (Wildman–Crippen MR) is 102 cm³/mol. The lowest BCUT2D eigenvalue weighted by Gasteiger charge is -2.65. The van der Waals surface area contributed by atoms with Gasteiger partial charge in [-0.1, -0.05) is 30.4 Å². The van der Waals surface area contributed by atoms with Gasteiger partial charge in [0.1, 0.15) is 0 Å². The molecule has 9 aliphatic rings. The molecule has 0 heteroatoms. The van der Waals surface area contributed by atoms with Crippen molar-refractivity contribution in [2.45, 2.75) is 96.3 Å². The Bertz CT molecular complexity index is 556. The summed E-state index contributed by atoms with van der Waals surface area (Å²) in [5.74, 6) is 6.58. The summed E-state index contributed by atoms with van der Waals surface area (Å²) < 4.78 is 0. The maximum atomic E-state index is 2.19. The molecule has 0 saturated heterocycles. The minimum absolute atomic E-state index is 0.719. The second-order valence-corrected chi connectivity index (χ2v) is 12.0. The molecule has 8 fully saturated rings. The van der Waals surface area contributed by atoms with E-state index in [0.717, 1.165) is 46.3 Å². The lowest BCUT2D eigenvalue weighted by atomic mass is 9.40. The highest BCUT2D eigenvalue weighted by molar-refractivity contribution is 5.40. The lowest BCUT2D eigenvalue weighted by molar-refractivity contribution is -0.0309. The van der Waals surface area contributed by atoms with Gasteiger partial charge >= 0.3 is 0 Å². The van der Waals surface area contributed by atoms with E-state index < -0.39 is 0 Å². The summed E-state index contributed by atoms with van der Waals surface area (Å²) in [6, 6.07) is 0. The minimum atomic E-state index is 0.719. The van der Waals surface area contributed by atoms with Gasteiger partial charge in [0.25, 0.3) is 0 Å². The fraction of sp³-hybridized carbons (Fsp3) is 0.920. The van der Waals surface area contributed by atoms with Crippen LogP contribution in [0.3, 0.4) is 0 Å². The van der Waals surface area contributed by atoms with E-state index in [9.17, 15) is 0 Å². The molecule has 25 heavy (non-hydrogen) atoms. The summed E-state index contributed by atoms with van der Waals surface area (Å²) in [6.07, 6.45) is 23.9. The Labute approximate surface area is 154 Å². The average Bonchev–Trinajstić information content (AvgIpc) is 2.61. The highest BCUT2D eigenvalue weighted by Crippen LogP contribution is 2.72. The van der Waals surface area contributed by atoms with Crippen LogP contribution in [0.1, 0.15) is 96.3 Å². The van der Waals surface area contributed by atoms with Crippen LogP contribution >= 0.6 is 0 Å². The normalized spacial score (nSPS) is 61.4. The molecule has 0 N–H and O–H groups in total. The van der Waals surface area contributed by atoms with Crippen molar-refractivity contribution < 1.29 is 0 Å². The highest BCUT2D eigenvalue weighted by Gasteiger charge is 2.60. The summed E-state index contributed by atoms with van der Waals surface area (Å²) in [5.41, 5.74) is 5.81. The monoisotopic (exact) mass is 336 g/mol. The zero-order chi connectivity index (χ0) is 16.2. The lowest BCUT2D eigenvalue weighted by Crippen LogP contribution is -2.53. The Morgan fingerprint density at radius 1 is 0.480 bits per heavy atom. The van der Waals surface area contributed by atoms with Gasteiger partial charge in [-0.2, -0.15) is 0 Å². The van der Waals surface area contributed by atoms with Crippen molar-refractivity contribution in [2.75, 3.05) is 0 Å². The van der Waals surface area contributed by atoms with Gasteiger partial charge in [-0.25, -0.2) is 0 Å². The van der Waals surface area contributed by atoms with Gasteiger partial charge in [-0.3, -0.25) is 0 Å². The molecule has 9 aliphatic carbocycles. The first-order valence-electron chi connectivity index (χ1n) is 12.0. The van der Waals surface area contributed by atoms with Gasteiger partial charge in [0.05, 0.1) is 0 Å². The third kappa shape index (κ3) is 1.86. The van der Waals surface area contributed by atoms with Crippen molar-refractivity contribution in [3.05, 3.63) is 11.1 Å². The van der Waals surface area contributed by atoms with E-state index in [-0.39, 0.29) is 0 Å². The molecule has 0 amide bonds. The van der Waals surface area contributed by atoms with Crippen molar-refractivity contribution >= 4 is 0 Å². The van der Waals surface area contributed by atoms with E-state index in [2.05, 4.69) is 11.1 Å². The second kappa shape index (κ2) is 4.77. The standard InChI is InChI=1S/C25H36/c1-2-4-24-12-16-6-17(13-24)9-20(8-16)22(24)23-21-10-18-7-19(11-21)15-25(23,14-18)5-3-1/h16-21H,1-15H2/b23-22-/t16-,17+,18-,19+,20?,21?,24?,25?. The molecule has 0 heterocycles. The first-order valence-corrected chi connectivity index (χ1v) is 12.0. The average molecular weight is 337 g/mol. The Morgan fingerprint density at radius 3 is 1.28 bits per heavy atom. The highest BCUT2D eigenvalue weighted by atomic mass is 14.6. The van der Waals surface area contributed by atoms with E-state index in [1.165, 1.54) is 0 Å². The molecule has 0 aromatic rings. The number of hydrogen-bond donors (Lipinski definition) is 0. The fourth-order valence-corrected chi connectivity index (χ4v) is 10.7. The summed E-state index contributed by atoms with van der Waals surface area (Å²) in [7, 11) is 0. The predicted octanol–water partition coefficient (Wildman–Crippen LogP) is 6.90. The molecular formula is C25H36. The first-order chi connectivity index (χ1) is 12.2. The van der Waals surface area contributed by atoms with Crippen molar-refractivity contribution in [1.82, 2.24) is 0 Å². The van der Waals surface area contributed by atoms with Crippen LogP contribution in [0.5, 0.6) is 0 Å². The van der Waals surface area contributed by atoms with Gasteiger partial charge in [0.15, 0.2) is 0 Å². The van der Waals surface area contributed by atoms with Crippen molar-refractivity contribution in [3.8, 4) is 0 Å². The van der Waals surface area contributed by atoms with Crippen LogP contribution in [0.15, 0.2) is 11.1 Å². The fourth-order valence-electron chi connectivity index (χ4n) is 10.7. The van der Waals surface area contributed by atoms with E-state index in [1.54, 1.807) is 96.3 Å². The summed E-state index contributed by atoms with van der Waals surface area (Å²) in [4.78, 5) is 0. The van der Waals surface area contributed by atoms with Gasteiger partial charge in [0, 0.05) is 0 Å². The molecule has 0 radical (unpaired) electrons. The molecule has 8 bridgehead atoms. The van der Waals surface area contributed by atoms with Crippen LogP contribution in [-0.2, 0) is 0 Å². The first kappa shape index (κ1) is 14.8. The van der Waals surface area contributed by atoms with Crippen LogP contribution in [0.4, 0.5) is 0 Å². The zero-order valence-corrected chi connectivity index (χ0v) is 16.1. The number of allylic oxidation sites excluding steroid dienone is 2. The summed E-state index contributed by atoms with van der Waals surface area (Å²) >= 11 is 0. The van der Waals surface area contributed by atoms with Crippen molar-refractivity contribution in [1.29, 1.82) is 0 Å². The topological polar surface area (TPSA) is 0 Å². The van der Waals surface area contributed by atoms with E-state index in [4.69, 9.17) is 0 Å². The van der Waals surface area contributed by atoms with Crippen molar-refractivity contribution in [2.24, 2.45) is 46.3 Å². The van der Waals surface area contributed by atoms with Crippen molar-refractivity contribution in [3.63, 3.8) is 0 Å². The van der Waals surface area contributed by atoms with Gasteiger partial charge in [-0.05, 0) is 123 Å². The van der Waals surface area contributed by atoms with E-state index >= 15 is 0 Å². The third-order valence-electron chi connectivity index (χ3n) is 10.6. The zero-order valence-electron chi connectivity index (χ0n) is 16.1. The Hall–Kier alpha value is -0.260. The molecular weight excluding hydrogens is 300 g/mol. The molecule has 0 nitrogen and oxygen atoms in total. The van der Waals surface area contributed by atoms with Crippen LogP contribution in [0.25, 0.3) is 0 Å². The molecule has 9 rings (SSSR count). The third-order valence-corrected chi connectivity index (χ3v) is 10.6. The Balaban J connectivity index is 1.46. The molecule has 0 aliphatic heterocycles. The molecule has 136 valence electrons. The second-order valence-electron chi connectivity index (χ2n) is 12.0. The quantitative estimate of drug-likeness (QED) is 0.422. The molecule has 8 saturated carbocycles. The minimum Gasteiger partial charge on any atom is -0.0608 e. The van der Waals surface area contributed by atoms with Crippen LogP contribution in [0, 0.1) is 46.3 Å². The van der Waals surface area contributed by atoms with E-state index in [0.29, 0.717) is 0 Å². The molecule has 0 aromatic heterocycles. The summed E-state index contributed by atoms with van der Waals surface area (Å²) in [6.45, 7) is 0. The molecule has 2 spiro atoms. The Morgan fingerprint density at radius 2 is 0.880 bits per heavy atom. The largest absolute Gasteiger partial charge is 0.0608 e. The maximum absolute atomic E-state index is 2.19. The number of hydrogen-bond acceptors (Lipinski definition) is 0. The Kier molecular flexibility index (Phi) is 2.81. The molecule has 0 aromatic carbocycles. The van der Waals surface area contributed by atoms with E-state index in [1.807, 2.05) is 0 Å². The maximum Gasteiger partial charge on any atom is -0.00770 e. The molecule has 4 unspecified atom stereocenters. The van der Waals surface area contributed by atoms with Gasteiger partial charge in [0.2, 0.25) is 0 Å². The molecule has 8 atom stereocenters. The summed E-state index contributed by atoms with van der Waals surface area (Å²) in [5, 5.41) is 0. The van der Waals surface area contributed by atoms with Gasteiger partial charge in [-0.15, -0.1) is 0 Å². The SMILES string of the molecule is C1CCC23C[C@@H]4CC(C[C@@H](C4)C2)/C3=C2\C3C[C@@H]4C[C@H](C3)CC2(CC1)C4.